The van der Waals surface area contributed by atoms with Gasteiger partial charge in [-0.3, -0.25) is 4.79 Å². The molecule has 3 nitrogen and oxygen atoms in total. The van der Waals surface area contributed by atoms with Crippen LogP contribution in [0.4, 0.5) is 8.78 Å². The van der Waals surface area contributed by atoms with Gasteiger partial charge in [0.25, 0.3) is 6.43 Å². The molecule has 5 heteroatoms. The maximum atomic E-state index is 12.0. The molecule has 0 bridgehead atoms. The van der Waals surface area contributed by atoms with Crippen molar-refractivity contribution in [1.82, 2.24) is 5.32 Å². The van der Waals surface area contributed by atoms with E-state index in [1.165, 1.54) is 32.1 Å². The SMILES string of the molecule is O=C(CCC1CCCCC1)NCC(O)C(F)F. The molecule has 17 heavy (non-hydrogen) atoms. The van der Waals surface area contributed by atoms with Crippen molar-refractivity contribution in [3.63, 3.8) is 0 Å². The van der Waals surface area contributed by atoms with Crippen LogP contribution in [0.3, 0.4) is 0 Å². The summed E-state index contributed by atoms with van der Waals surface area (Å²) in [6.45, 7) is -0.360. The average molecular weight is 249 g/mol. The summed E-state index contributed by atoms with van der Waals surface area (Å²) in [5, 5.41) is 11.2. The average Bonchev–Trinajstić information content (AvgIpc) is 2.34. The van der Waals surface area contributed by atoms with Crippen LogP contribution in [0.25, 0.3) is 0 Å². The molecule has 0 aromatic carbocycles. The molecular weight excluding hydrogens is 228 g/mol. The van der Waals surface area contributed by atoms with Crippen LogP contribution in [0.15, 0.2) is 0 Å². The van der Waals surface area contributed by atoms with Crippen LogP contribution < -0.4 is 5.32 Å². The number of carbonyl (C=O) groups is 1. The third kappa shape index (κ3) is 5.96. The maximum Gasteiger partial charge on any atom is 0.265 e. The molecule has 1 rings (SSSR count). The number of hydrogen-bond donors (Lipinski definition) is 2. The Hall–Kier alpha value is -0.710. The molecule has 1 saturated carbocycles. The van der Waals surface area contributed by atoms with Gasteiger partial charge >= 0.3 is 0 Å². The third-order valence-electron chi connectivity index (χ3n) is 3.30. The summed E-state index contributed by atoms with van der Waals surface area (Å²) in [6, 6.07) is 0. The first-order valence-electron chi connectivity index (χ1n) is 6.32. The number of carbonyl (C=O) groups excluding carboxylic acids is 1. The summed E-state index contributed by atoms with van der Waals surface area (Å²) in [7, 11) is 0. The molecule has 1 fully saturated rings. The lowest BCUT2D eigenvalue weighted by molar-refractivity contribution is -0.122. The standard InChI is InChI=1S/C12H21F2NO2/c13-12(14)10(16)8-15-11(17)7-6-9-4-2-1-3-5-9/h9-10,12,16H,1-8H2,(H,15,17). The second-order valence-corrected chi connectivity index (χ2v) is 4.75. The largest absolute Gasteiger partial charge is 0.385 e. The van der Waals surface area contributed by atoms with Crippen LogP contribution in [0.5, 0.6) is 0 Å². The van der Waals surface area contributed by atoms with Gasteiger partial charge in [-0.05, 0) is 12.3 Å². The Labute approximate surface area is 101 Å². The van der Waals surface area contributed by atoms with Crippen molar-refractivity contribution < 1.29 is 18.7 Å². The molecule has 1 unspecified atom stereocenters. The van der Waals surface area contributed by atoms with E-state index in [2.05, 4.69) is 5.32 Å². The fraction of sp³-hybridized carbons (Fsp3) is 0.917. The number of hydrogen-bond acceptors (Lipinski definition) is 2. The van der Waals surface area contributed by atoms with Gasteiger partial charge in [-0.25, -0.2) is 8.78 Å². The third-order valence-corrected chi connectivity index (χ3v) is 3.30. The van der Waals surface area contributed by atoms with E-state index < -0.39 is 12.5 Å². The van der Waals surface area contributed by atoms with E-state index in [0.29, 0.717) is 12.3 Å². The van der Waals surface area contributed by atoms with Crippen molar-refractivity contribution >= 4 is 5.91 Å². The summed E-state index contributed by atoms with van der Waals surface area (Å²) in [4.78, 5) is 11.3. The Balaban J connectivity index is 2.08. The zero-order chi connectivity index (χ0) is 12.7. The number of nitrogens with one attached hydrogen (secondary N) is 1. The molecule has 1 aliphatic carbocycles. The molecule has 0 heterocycles. The minimum atomic E-state index is -2.80. The quantitative estimate of drug-likeness (QED) is 0.757. The van der Waals surface area contributed by atoms with Gasteiger partial charge in [0.15, 0.2) is 0 Å². The number of rotatable bonds is 6. The minimum Gasteiger partial charge on any atom is -0.385 e. The molecule has 2 N–H and O–H groups in total. The zero-order valence-electron chi connectivity index (χ0n) is 10.0. The lowest BCUT2D eigenvalue weighted by Crippen LogP contribution is -2.35. The highest BCUT2D eigenvalue weighted by molar-refractivity contribution is 5.75. The van der Waals surface area contributed by atoms with Gasteiger partial charge in [-0.1, -0.05) is 32.1 Å². The van der Waals surface area contributed by atoms with E-state index in [1.54, 1.807) is 0 Å². The predicted octanol–water partition coefficient (Wildman–Crippen LogP) is 2.09. The van der Waals surface area contributed by atoms with Crippen molar-refractivity contribution in [1.29, 1.82) is 0 Å². The van der Waals surface area contributed by atoms with E-state index in [9.17, 15) is 13.6 Å². The number of halogens is 2. The van der Waals surface area contributed by atoms with Crippen molar-refractivity contribution in [3.8, 4) is 0 Å². The number of aliphatic hydroxyl groups is 1. The van der Waals surface area contributed by atoms with Crippen LogP contribution >= 0.6 is 0 Å². The summed E-state index contributed by atoms with van der Waals surface area (Å²) in [6.07, 6.45) is 2.75. The van der Waals surface area contributed by atoms with Gasteiger partial charge in [-0.15, -0.1) is 0 Å². The Morgan fingerprint density at radius 3 is 2.53 bits per heavy atom. The fourth-order valence-electron chi connectivity index (χ4n) is 2.21. The van der Waals surface area contributed by atoms with E-state index in [4.69, 9.17) is 5.11 Å². The van der Waals surface area contributed by atoms with Gasteiger partial charge in [0, 0.05) is 13.0 Å². The van der Waals surface area contributed by atoms with Crippen molar-refractivity contribution in [3.05, 3.63) is 0 Å². The minimum absolute atomic E-state index is 0.240. The lowest BCUT2D eigenvalue weighted by Gasteiger charge is -2.21. The second-order valence-electron chi connectivity index (χ2n) is 4.75. The molecule has 0 aromatic heterocycles. The predicted molar refractivity (Wildman–Crippen MR) is 60.8 cm³/mol. The Morgan fingerprint density at radius 1 is 1.29 bits per heavy atom. The molecule has 100 valence electrons. The zero-order valence-corrected chi connectivity index (χ0v) is 10.0. The number of aliphatic hydroxyl groups excluding tert-OH is 1. The van der Waals surface area contributed by atoms with Gasteiger partial charge in [0.05, 0.1) is 0 Å². The monoisotopic (exact) mass is 249 g/mol. The normalized spacial score (nSPS) is 19.3. The highest BCUT2D eigenvalue weighted by Crippen LogP contribution is 2.27. The first-order chi connectivity index (χ1) is 8.09. The van der Waals surface area contributed by atoms with Gasteiger partial charge in [-0.2, -0.15) is 0 Å². The van der Waals surface area contributed by atoms with E-state index >= 15 is 0 Å². The molecule has 0 aliphatic heterocycles. The first kappa shape index (κ1) is 14.4. The summed E-state index contributed by atoms with van der Waals surface area (Å²) >= 11 is 0. The highest BCUT2D eigenvalue weighted by Gasteiger charge is 2.18. The first-order valence-corrected chi connectivity index (χ1v) is 6.32. The highest BCUT2D eigenvalue weighted by atomic mass is 19.3. The fourth-order valence-corrected chi connectivity index (χ4v) is 2.21. The Bertz CT molecular complexity index is 231. The molecule has 0 radical (unpaired) electrons. The molecule has 0 spiro atoms. The summed E-state index contributed by atoms with van der Waals surface area (Å²) in [5.41, 5.74) is 0. The summed E-state index contributed by atoms with van der Waals surface area (Å²) < 4.78 is 23.9. The number of amides is 1. The van der Waals surface area contributed by atoms with Crippen LogP contribution in [-0.2, 0) is 4.79 Å². The molecule has 0 aromatic rings. The van der Waals surface area contributed by atoms with Crippen LogP contribution in [0, 0.1) is 5.92 Å². The molecule has 1 atom stereocenters. The van der Waals surface area contributed by atoms with Crippen molar-refractivity contribution in [2.45, 2.75) is 57.5 Å². The Kier molecular flexibility index (Phi) is 6.40. The Morgan fingerprint density at radius 2 is 1.94 bits per heavy atom. The van der Waals surface area contributed by atoms with Crippen LogP contribution in [-0.4, -0.2) is 30.1 Å². The van der Waals surface area contributed by atoms with Gasteiger partial charge in [0.1, 0.15) is 6.10 Å². The van der Waals surface area contributed by atoms with E-state index in [0.717, 1.165) is 6.42 Å². The van der Waals surface area contributed by atoms with Crippen LogP contribution in [0.2, 0.25) is 0 Å². The second kappa shape index (κ2) is 7.58. The molecular formula is C12H21F2NO2. The smallest absolute Gasteiger partial charge is 0.265 e. The maximum absolute atomic E-state index is 12.0. The summed E-state index contributed by atoms with van der Waals surface area (Å²) in [5.74, 6) is 0.366. The topological polar surface area (TPSA) is 49.3 Å². The number of alkyl halides is 2. The van der Waals surface area contributed by atoms with E-state index in [1.807, 2.05) is 0 Å². The molecule has 1 aliphatic rings. The van der Waals surface area contributed by atoms with Crippen molar-refractivity contribution in [2.24, 2.45) is 5.92 Å². The van der Waals surface area contributed by atoms with Crippen LogP contribution in [0.1, 0.15) is 44.9 Å². The lowest BCUT2D eigenvalue weighted by atomic mass is 9.86. The van der Waals surface area contributed by atoms with Crippen molar-refractivity contribution in [2.75, 3.05) is 6.54 Å². The van der Waals surface area contributed by atoms with E-state index in [-0.39, 0.29) is 12.5 Å². The van der Waals surface area contributed by atoms with Gasteiger partial charge < -0.3 is 10.4 Å². The van der Waals surface area contributed by atoms with Gasteiger partial charge in [0.2, 0.25) is 5.91 Å². The molecule has 0 saturated heterocycles. The molecule has 1 amide bonds.